The number of hydrogen-bond donors (Lipinski definition) is 0. The number of carbonyl (C=O) groups is 1. The average molecular weight is 568 g/mol. The Hall–Kier alpha value is -4.46. The van der Waals surface area contributed by atoms with Gasteiger partial charge >= 0.3 is 5.97 Å². The number of ether oxygens (including phenoxy) is 3. The predicted octanol–water partition coefficient (Wildman–Crippen LogP) is 4.59. The van der Waals surface area contributed by atoms with Gasteiger partial charge in [0, 0.05) is 61.0 Å². The first-order valence-corrected chi connectivity index (χ1v) is 14.2. The lowest BCUT2D eigenvalue weighted by Crippen LogP contribution is -2.51. The molecule has 2 aliphatic heterocycles. The second-order valence-electron chi connectivity index (χ2n) is 10.5. The first-order chi connectivity index (χ1) is 20.6. The van der Waals surface area contributed by atoms with Gasteiger partial charge in [0.25, 0.3) is 0 Å². The number of carbonyl (C=O) groups excluding carboxylic acids is 1. The van der Waals surface area contributed by atoms with Crippen molar-refractivity contribution in [3.63, 3.8) is 0 Å². The molecule has 216 valence electrons. The lowest BCUT2D eigenvalue weighted by atomic mass is 10.0. The van der Waals surface area contributed by atoms with Gasteiger partial charge in [-0.25, -0.2) is 9.97 Å². The number of aromatic nitrogens is 4. The van der Waals surface area contributed by atoms with E-state index in [0.717, 1.165) is 59.9 Å². The van der Waals surface area contributed by atoms with Gasteiger partial charge in [0.15, 0.2) is 12.1 Å². The first-order valence-electron chi connectivity index (χ1n) is 14.2. The third-order valence-electron chi connectivity index (χ3n) is 7.50. The molecule has 10 nitrogen and oxygen atoms in total. The smallest absolute Gasteiger partial charge is 0.312 e. The van der Waals surface area contributed by atoms with Crippen molar-refractivity contribution in [2.24, 2.45) is 5.92 Å². The van der Waals surface area contributed by atoms with E-state index in [9.17, 15) is 4.79 Å². The van der Waals surface area contributed by atoms with E-state index in [2.05, 4.69) is 27.0 Å². The fourth-order valence-electron chi connectivity index (χ4n) is 5.11. The highest BCUT2D eigenvalue weighted by Crippen LogP contribution is 2.26. The highest BCUT2D eigenvalue weighted by molar-refractivity contribution is 5.76. The van der Waals surface area contributed by atoms with Gasteiger partial charge in [0.1, 0.15) is 23.4 Å². The van der Waals surface area contributed by atoms with E-state index >= 15 is 0 Å². The Kier molecular flexibility index (Phi) is 8.30. The van der Waals surface area contributed by atoms with Crippen molar-refractivity contribution in [2.45, 2.75) is 45.1 Å². The summed E-state index contributed by atoms with van der Waals surface area (Å²) in [6, 6.07) is 13.7. The number of esters is 1. The molecule has 3 aromatic heterocycles. The Morgan fingerprint density at radius 3 is 2.64 bits per heavy atom. The molecule has 2 fully saturated rings. The van der Waals surface area contributed by atoms with Gasteiger partial charge in [0.05, 0.1) is 19.6 Å². The van der Waals surface area contributed by atoms with Crippen LogP contribution >= 0.6 is 0 Å². The maximum atomic E-state index is 11.6. The molecule has 0 bridgehead atoms. The van der Waals surface area contributed by atoms with Crippen LogP contribution in [-0.2, 0) is 25.5 Å². The molecule has 4 aromatic rings. The number of methoxy groups -OCH3 is 1. The number of benzene rings is 1. The lowest BCUT2D eigenvalue weighted by molar-refractivity contribution is -0.188. The molecular weight excluding hydrogens is 534 g/mol. The molecule has 2 atom stereocenters. The molecular formula is C32H33N5O5. The van der Waals surface area contributed by atoms with Crippen LogP contribution in [0.15, 0.2) is 65.6 Å². The van der Waals surface area contributed by atoms with E-state index in [0.29, 0.717) is 25.4 Å². The zero-order chi connectivity index (χ0) is 28.9. The van der Waals surface area contributed by atoms with Crippen LogP contribution in [0.5, 0.6) is 0 Å². The summed E-state index contributed by atoms with van der Waals surface area (Å²) in [6.45, 7) is 4.51. The zero-order valence-electron chi connectivity index (χ0n) is 23.7. The summed E-state index contributed by atoms with van der Waals surface area (Å²) in [7, 11) is 1.42. The minimum absolute atomic E-state index is 0.0807. The molecule has 0 saturated carbocycles. The molecule has 6 rings (SSSR count). The Bertz CT molecular complexity index is 1560. The molecule has 2 saturated heterocycles. The fourth-order valence-corrected chi connectivity index (χ4v) is 5.11. The second-order valence-corrected chi connectivity index (χ2v) is 10.5. The molecule has 0 N–H and O–H groups in total. The maximum absolute atomic E-state index is 11.6. The van der Waals surface area contributed by atoms with E-state index in [1.807, 2.05) is 65.1 Å². The lowest BCUT2D eigenvalue weighted by Gasteiger charge is -2.38. The summed E-state index contributed by atoms with van der Waals surface area (Å²) in [4.78, 5) is 22.6. The topological polar surface area (TPSA) is 105 Å². The first kappa shape index (κ1) is 27.7. The molecule has 1 unspecified atom stereocenters. The minimum atomic E-state index is -0.196. The van der Waals surface area contributed by atoms with E-state index in [-0.39, 0.29) is 24.3 Å². The molecule has 42 heavy (non-hydrogen) atoms. The average Bonchev–Trinajstić information content (AvgIpc) is 3.67. The highest BCUT2D eigenvalue weighted by atomic mass is 16.7. The maximum Gasteiger partial charge on any atom is 0.312 e. The van der Waals surface area contributed by atoms with Crippen molar-refractivity contribution >= 4 is 11.8 Å². The molecule has 0 spiro atoms. The van der Waals surface area contributed by atoms with Crippen LogP contribution in [0.3, 0.4) is 0 Å². The molecule has 2 aliphatic rings. The normalized spacial score (nSPS) is 17.7. The fraction of sp³-hybridized carbons (Fsp3) is 0.375. The number of pyridine rings is 1. The van der Waals surface area contributed by atoms with Crippen LogP contribution in [0.25, 0.3) is 11.3 Å². The summed E-state index contributed by atoms with van der Waals surface area (Å²) in [5, 5.41) is 4.28. The van der Waals surface area contributed by atoms with Crippen LogP contribution in [0.2, 0.25) is 0 Å². The van der Waals surface area contributed by atoms with Gasteiger partial charge in [-0.15, -0.1) is 0 Å². The van der Waals surface area contributed by atoms with Crippen molar-refractivity contribution < 1.29 is 23.5 Å². The Morgan fingerprint density at radius 2 is 1.90 bits per heavy atom. The Labute approximate surface area is 244 Å². The number of nitrogens with zero attached hydrogens (tertiary/aromatic N) is 5. The molecule has 0 aliphatic carbocycles. The molecule has 0 radical (unpaired) electrons. The van der Waals surface area contributed by atoms with E-state index in [4.69, 9.17) is 18.7 Å². The van der Waals surface area contributed by atoms with E-state index in [1.54, 1.807) is 12.4 Å². The van der Waals surface area contributed by atoms with Crippen molar-refractivity contribution in [3.8, 4) is 23.2 Å². The van der Waals surface area contributed by atoms with Gasteiger partial charge in [0.2, 0.25) is 0 Å². The number of hydrogen-bond acceptors (Lipinski definition) is 9. The summed E-state index contributed by atoms with van der Waals surface area (Å²) in [5.41, 5.74) is 3.41. The van der Waals surface area contributed by atoms with Crippen molar-refractivity contribution in [3.05, 3.63) is 83.7 Å². The van der Waals surface area contributed by atoms with Crippen molar-refractivity contribution in [1.82, 2.24) is 19.7 Å². The molecule has 1 aromatic carbocycles. The van der Waals surface area contributed by atoms with Crippen molar-refractivity contribution in [1.29, 1.82) is 0 Å². The van der Waals surface area contributed by atoms with Crippen molar-refractivity contribution in [2.75, 3.05) is 31.7 Å². The van der Waals surface area contributed by atoms with E-state index in [1.165, 1.54) is 7.11 Å². The highest BCUT2D eigenvalue weighted by Gasteiger charge is 2.34. The number of imidazole rings is 1. The summed E-state index contributed by atoms with van der Waals surface area (Å²) in [6.07, 6.45) is 8.19. The van der Waals surface area contributed by atoms with E-state index < -0.39 is 0 Å². The second kappa shape index (κ2) is 12.6. The predicted molar refractivity (Wildman–Crippen MR) is 154 cm³/mol. The largest absolute Gasteiger partial charge is 0.469 e. The molecule has 10 heteroatoms. The van der Waals surface area contributed by atoms with Crippen LogP contribution in [-0.4, -0.2) is 58.8 Å². The van der Waals surface area contributed by atoms with Crippen LogP contribution in [0.1, 0.15) is 54.9 Å². The SMILES string of the molecule is COC(=O)C1CN(c2ccc(C#Cc3ccc(-c4cc(Cn5ccnc5[C@H](C)OC5CCCCO5)no4)cc3)cn2)C1. The third kappa shape index (κ3) is 6.38. The molecule has 5 heterocycles. The Balaban J connectivity index is 1.04. The zero-order valence-corrected chi connectivity index (χ0v) is 23.7. The summed E-state index contributed by atoms with van der Waals surface area (Å²) >= 11 is 0. The van der Waals surface area contributed by atoms with Gasteiger partial charge in [-0.3, -0.25) is 4.79 Å². The third-order valence-corrected chi connectivity index (χ3v) is 7.50. The Morgan fingerprint density at radius 1 is 1.10 bits per heavy atom. The summed E-state index contributed by atoms with van der Waals surface area (Å²) in [5.74, 6) is 8.44. The number of anilines is 1. The van der Waals surface area contributed by atoms with Gasteiger partial charge in [-0.1, -0.05) is 17.0 Å². The minimum Gasteiger partial charge on any atom is -0.469 e. The van der Waals surface area contributed by atoms with Gasteiger partial charge in [-0.05, 0) is 62.6 Å². The standard InChI is InChI=1S/C32H33N5O5/c1-22(41-30-5-3-4-16-40-30)31-33-14-15-36(31)21-27-17-28(42-35-27)25-11-8-23(9-12-25)6-7-24-10-13-29(34-18-24)37-19-26(20-37)32(38)39-2/h8-15,17-18,22,26,30H,3-5,16,19-21H2,1-2H3/t22-,30?/m0/s1. The number of rotatable bonds is 8. The summed E-state index contributed by atoms with van der Waals surface area (Å²) < 4.78 is 24.3. The van der Waals surface area contributed by atoms with Gasteiger partial charge < -0.3 is 28.2 Å². The van der Waals surface area contributed by atoms with Gasteiger partial charge in [-0.2, -0.15) is 0 Å². The van der Waals surface area contributed by atoms with Crippen LogP contribution in [0, 0.1) is 17.8 Å². The van der Waals surface area contributed by atoms with Crippen LogP contribution < -0.4 is 4.90 Å². The monoisotopic (exact) mass is 567 g/mol. The van der Waals surface area contributed by atoms with Crippen LogP contribution in [0.4, 0.5) is 5.82 Å². The molecule has 0 amide bonds. The quantitative estimate of drug-likeness (QED) is 0.223.